The number of amides is 2. The summed E-state index contributed by atoms with van der Waals surface area (Å²) in [7, 11) is -2.68. The van der Waals surface area contributed by atoms with Gasteiger partial charge in [0.05, 0.1) is 17.8 Å². The average molecular weight is 480 g/mol. The van der Waals surface area contributed by atoms with Gasteiger partial charge >= 0.3 is 12.5 Å². The van der Waals surface area contributed by atoms with Crippen LogP contribution >= 0.6 is 0 Å². The van der Waals surface area contributed by atoms with Crippen LogP contribution in [0.1, 0.15) is 18.0 Å². The van der Waals surface area contributed by atoms with Gasteiger partial charge in [0.2, 0.25) is 5.89 Å². The molecule has 1 aliphatic heterocycles. The first kappa shape index (κ1) is 22.7. The van der Waals surface area contributed by atoms with Crippen LogP contribution in [0.5, 0.6) is 0 Å². The minimum atomic E-state index is -2.88. The van der Waals surface area contributed by atoms with Gasteiger partial charge in [-0.15, -0.1) is 10.2 Å². The molecule has 0 aliphatic carbocycles. The third-order valence-electron chi connectivity index (χ3n) is 5.04. The molecular weight excluding hydrogens is 461 g/mol. The monoisotopic (exact) mass is 480 g/mol. The summed E-state index contributed by atoms with van der Waals surface area (Å²) in [6.45, 7) is 0.382. The van der Waals surface area contributed by atoms with E-state index in [4.69, 9.17) is 9.20 Å². The van der Waals surface area contributed by atoms with Crippen molar-refractivity contribution in [3.63, 3.8) is 0 Å². The van der Waals surface area contributed by atoms with E-state index in [1.165, 1.54) is 40.3 Å². The molecule has 13 heteroatoms. The number of nitrogens with one attached hydrogen (secondary N) is 1. The maximum Gasteiger partial charge on any atom is 0.324 e. The highest BCUT2D eigenvalue weighted by atomic mass is 32.2. The Balaban J connectivity index is 1.56. The van der Waals surface area contributed by atoms with Gasteiger partial charge in [-0.25, -0.2) is 13.4 Å². The molecule has 33 heavy (non-hydrogen) atoms. The predicted molar refractivity (Wildman–Crippen MR) is 113 cm³/mol. The molecule has 174 valence electrons. The number of alkyl halides is 2. The highest BCUT2D eigenvalue weighted by Crippen LogP contribution is 2.24. The Morgan fingerprint density at radius 3 is 2.42 bits per heavy atom. The Morgan fingerprint density at radius 1 is 1.15 bits per heavy atom. The van der Waals surface area contributed by atoms with Crippen LogP contribution in [0.15, 0.2) is 47.0 Å². The maximum absolute atomic E-state index is 13.4. The van der Waals surface area contributed by atoms with Crippen molar-refractivity contribution in [1.82, 2.24) is 20.1 Å². The number of benzene rings is 1. The molecule has 1 aromatic carbocycles. The Morgan fingerprint density at radius 2 is 1.85 bits per heavy atom. The minimum absolute atomic E-state index is 0.0314. The quantitative estimate of drug-likeness (QED) is 0.595. The van der Waals surface area contributed by atoms with E-state index < -0.39 is 27.9 Å². The summed E-state index contributed by atoms with van der Waals surface area (Å²) < 4.78 is 63.3. The minimum Gasteiger partial charge on any atom is -0.415 e. The van der Waals surface area contributed by atoms with E-state index in [1.807, 2.05) is 0 Å². The standard InChI is InChI=1S/C20H19F3N6O3S/c21-14-2-5-16(6-3-14)29(20(30)28-7-9-33(24,31)10-8-28)12-15-4-1-13(11-25-15)18-26-27-19(32-18)17(22)23/h1-6,11,17,24H,7-10,12H2. The molecule has 0 atom stereocenters. The number of urea groups is 1. The van der Waals surface area contributed by atoms with E-state index in [1.54, 1.807) is 12.1 Å². The predicted octanol–water partition coefficient (Wildman–Crippen LogP) is 3.70. The number of rotatable bonds is 5. The lowest BCUT2D eigenvalue weighted by Gasteiger charge is -2.33. The van der Waals surface area contributed by atoms with E-state index in [-0.39, 0.29) is 43.1 Å². The van der Waals surface area contributed by atoms with Crippen molar-refractivity contribution >= 4 is 21.4 Å². The molecule has 1 fully saturated rings. The number of anilines is 1. The van der Waals surface area contributed by atoms with Crippen LogP contribution in [-0.4, -0.2) is 54.9 Å². The van der Waals surface area contributed by atoms with E-state index >= 15 is 0 Å². The van der Waals surface area contributed by atoms with Gasteiger partial charge in [-0.3, -0.25) is 14.7 Å². The zero-order chi connectivity index (χ0) is 23.6. The van der Waals surface area contributed by atoms with Crippen molar-refractivity contribution in [3.8, 4) is 11.5 Å². The highest BCUT2D eigenvalue weighted by molar-refractivity contribution is 7.92. The normalized spacial score (nSPS) is 15.6. The van der Waals surface area contributed by atoms with E-state index in [0.29, 0.717) is 16.9 Å². The Bertz CT molecular complexity index is 1220. The summed E-state index contributed by atoms with van der Waals surface area (Å²) in [5.74, 6) is -1.17. The van der Waals surface area contributed by atoms with Crippen molar-refractivity contribution in [2.24, 2.45) is 0 Å². The van der Waals surface area contributed by atoms with Crippen molar-refractivity contribution in [2.45, 2.75) is 13.0 Å². The van der Waals surface area contributed by atoms with Gasteiger partial charge in [-0.05, 0) is 36.4 Å². The molecule has 0 bridgehead atoms. The topological polar surface area (TPSA) is 116 Å². The van der Waals surface area contributed by atoms with Gasteiger partial charge in [0.25, 0.3) is 5.89 Å². The number of nitrogens with zero attached hydrogens (tertiary/aromatic N) is 5. The molecule has 4 rings (SSSR count). The molecule has 0 saturated carbocycles. The molecule has 3 aromatic rings. The summed E-state index contributed by atoms with van der Waals surface area (Å²) in [6.07, 6.45) is -1.52. The third kappa shape index (κ3) is 5.30. The summed E-state index contributed by atoms with van der Waals surface area (Å²) in [6, 6.07) is 8.13. The van der Waals surface area contributed by atoms with Crippen LogP contribution in [0.2, 0.25) is 0 Å². The van der Waals surface area contributed by atoms with Crippen LogP contribution in [0.3, 0.4) is 0 Å². The van der Waals surface area contributed by atoms with Crippen LogP contribution in [0, 0.1) is 10.6 Å². The fraction of sp³-hybridized carbons (Fsp3) is 0.300. The Kier molecular flexibility index (Phi) is 6.31. The summed E-state index contributed by atoms with van der Waals surface area (Å²) in [5, 5.41) is 6.85. The van der Waals surface area contributed by atoms with Gasteiger partial charge in [0.1, 0.15) is 5.82 Å². The number of carbonyl (C=O) groups excluding carboxylic acids is 1. The van der Waals surface area contributed by atoms with Crippen LogP contribution in [-0.2, 0) is 16.3 Å². The second-order valence-corrected chi connectivity index (χ2v) is 9.78. The van der Waals surface area contributed by atoms with Crippen molar-refractivity contribution < 1.29 is 26.6 Å². The Labute approximate surface area is 187 Å². The number of pyridine rings is 1. The number of carbonyl (C=O) groups is 1. The SMILES string of the molecule is N=S1(=O)CCN(C(=O)N(Cc2ccc(-c3nnc(C(F)F)o3)cn2)c2ccc(F)cc2)CC1. The maximum atomic E-state index is 13.4. The molecule has 2 amide bonds. The molecule has 9 nitrogen and oxygen atoms in total. The molecule has 2 aromatic heterocycles. The summed E-state index contributed by atoms with van der Waals surface area (Å²) in [4.78, 5) is 20.4. The molecular formula is C20H19F3N6O3S. The lowest BCUT2D eigenvalue weighted by Crippen LogP contribution is -2.49. The second kappa shape index (κ2) is 9.17. The Hall–Kier alpha value is -3.48. The molecule has 1 N–H and O–H groups in total. The van der Waals surface area contributed by atoms with Gasteiger partial charge in [0.15, 0.2) is 0 Å². The summed E-state index contributed by atoms with van der Waals surface area (Å²) in [5.41, 5.74) is 1.23. The van der Waals surface area contributed by atoms with Crippen LogP contribution < -0.4 is 4.90 Å². The highest BCUT2D eigenvalue weighted by Gasteiger charge is 2.28. The first-order valence-corrected chi connectivity index (χ1v) is 11.7. The number of hydrogen-bond donors (Lipinski definition) is 1. The zero-order valence-electron chi connectivity index (χ0n) is 17.2. The summed E-state index contributed by atoms with van der Waals surface area (Å²) >= 11 is 0. The van der Waals surface area contributed by atoms with E-state index in [2.05, 4.69) is 15.2 Å². The van der Waals surface area contributed by atoms with Gasteiger partial charge in [0, 0.05) is 46.2 Å². The fourth-order valence-electron chi connectivity index (χ4n) is 3.23. The largest absolute Gasteiger partial charge is 0.415 e. The van der Waals surface area contributed by atoms with Crippen molar-refractivity contribution in [2.75, 3.05) is 29.5 Å². The molecule has 0 unspecified atom stereocenters. The molecule has 1 aliphatic rings. The third-order valence-corrected chi connectivity index (χ3v) is 6.72. The van der Waals surface area contributed by atoms with Crippen molar-refractivity contribution in [1.29, 1.82) is 4.78 Å². The van der Waals surface area contributed by atoms with Crippen LogP contribution in [0.4, 0.5) is 23.7 Å². The second-order valence-electron chi connectivity index (χ2n) is 7.34. The van der Waals surface area contributed by atoms with E-state index in [0.717, 1.165) is 0 Å². The van der Waals surface area contributed by atoms with E-state index in [9.17, 15) is 22.2 Å². The molecule has 1 saturated heterocycles. The smallest absolute Gasteiger partial charge is 0.324 e. The van der Waals surface area contributed by atoms with Crippen molar-refractivity contribution in [3.05, 3.63) is 60.0 Å². The molecule has 0 spiro atoms. The first-order chi connectivity index (χ1) is 15.7. The first-order valence-electron chi connectivity index (χ1n) is 9.85. The lowest BCUT2D eigenvalue weighted by atomic mass is 10.2. The van der Waals surface area contributed by atoms with Crippen LogP contribution in [0.25, 0.3) is 11.5 Å². The average Bonchev–Trinajstić information content (AvgIpc) is 3.29. The van der Waals surface area contributed by atoms with Gasteiger partial charge in [-0.2, -0.15) is 8.78 Å². The number of halogens is 3. The number of hydrogen-bond acceptors (Lipinski definition) is 7. The zero-order valence-corrected chi connectivity index (χ0v) is 18.0. The molecule has 0 radical (unpaired) electrons. The lowest BCUT2D eigenvalue weighted by molar-refractivity contribution is 0.116. The molecule has 3 heterocycles. The number of aromatic nitrogens is 3. The van der Waals surface area contributed by atoms with Gasteiger partial charge < -0.3 is 9.32 Å². The van der Waals surface area contributed by atoms with Gasteiger partial charge in [-0.1, -0.05) is 0 Å². The fourth-order valence-corrected chi connectivity index (χ4v) is 4.46.